The van der Waals surface area contributed by atoms with Crippen LogP contribution in [0.25, 0.3) is 0 Å². The number of ether oxygens (including phenoxy) is 1. The van der Waals surface area contributed by atoms with Crippen LogP contribution in [0, 0.1) is 11.3 Å². The average Bonchev–Trinajstić information content (AvgIpc) is 2.18. The van der Waals surface area contributed by atoms with Gasteiger partial charge >= 0.3 is 0 Å². The maximum atomic E-state index is 11.3. The molecule has 1 aliphatic rings. The number of nitrogens with zero attached hydrogens (tertiary/aromatic N) is 2. The first-order chi connectivity index (χ1) is 6.25. The van der Waals surface area contributed by atoms with E-state index in [1.807, 2.05) is 6.07 Å². The number of carbonyl (C=O) groups is 1. The molecule has 0 aromatic heterocycles. The minimum Gasteiger partial charge on any atom is -0.379 e. The molecule has 1 fully saturated rings. The highest BCUT2D eigenvalue weighted by Crippen LogP contribution is 2.12. The molecule has 1 unspecified atom stereocenters. The van der Waals surface area contributed by atoms with Gasteiger partial charge in [0.15, 0.2) is 0 Å². The summed E-state index contributed by atoms with van der Waals surface area (Å²) in [5.41, 5.74) is 0. The van der Waals surface area contributed by atoms with E-state index in [0.29, 0.717) is 6.61 Å². The third-order valence-electron chi connectivity index (χ3n) is 2.31. The van der Waals surface area contributed by atoms with Gasteiger partial charge < -0.3 is 9.64 Å². The lowest BCUT2D eigenvalue weighted by Crippen LogP contribution is -2.42. The van der Waals surface area contributed by atoms with Crippen molar-refractivity contribution in [3.8, 4) is 6.07 Å². The highest BCUT2D eigenvalue weighted by atomic mass is 16.5. The number of rotatable bonds is 2. The molecule has 1 rings (SSSR count). The normalized spacial score (nSPS) is 22.0. The van der Waals surface area contributed by atoms with Crippen LogP contribution >= 0.6 is 0 Å². The fourth-order valence-corrected chi connectivity index (χ4v) is 1.43. The van der Waals surface area contributed by atoms with Crippen molar-refractivity contribution in [3.05, 3.63) is 0 Å². The Bertz CT molecular complexity index is 216. The molecule has 0 aromatic carbocycles. The van der Waals surface area contributed by atoms with Crippen molar-refractivity contribution < 1.29 is 9.53 Å². The molecule has 1 amide bonds. The van der Waals surface area contributed by atoms with Gasteiger partial charge in [-0.15, -0.1) is 0 Å². The first-order valence-corrected chi connectivity index (χ1v) is 4.46. The molecule has 1 atom stereocenters. The number of nitriles is 1. The van der Waals surface area contributed by atoms with Crippen molar-refractivity contribution in [2.45, 2.75) is 25.3 Å². The van der Waals surface area contributed by atoms with Gasteiger partial charge in [0.1, 0.15) is 6.42 Å². The van der Waals surface area contributed by atoms with E-state index in [9.17, 15) is 4.79 Å². The number of amides is 1. The van der Waals surface area contributed by atoms with Crippen LogP contribution in [0.1, 0.15) is 19.3 Å². The van der Waals surface area contributed by atoms with Gasteiger partial charge in [-0.05, 0) is 12.8 Å². The Morgan fingerprint density at radius 1 is 1.77 bits per heavy atom. The largest absolute Gasteiger partial charge is 0.379 e. The summed E-state index contributed by atoms with van der Waals surface area (Å²) in [6.45, 7) is 1.39. The molecule has 0 radical (unpaired) electrons. The van der Waals surface area contributed by atoms with Gasteiger partial charge in [0, 0.05) is 13.7 Å². The van der Waals surface area contributed by atoms with E-state index < -0.39 is 0 Å². The van der Waals surface area contributed by atoms with Gasteiger partial charge in [0.2, 0.25) is 5.91 Å². The van der Waals surface area contributed by atoms with Crippen molar-refractivity contribution in [2.75, 3.05) is 20.3 Å². The summed E-state index contributed by atoms with van der Waals surface area (Å²) in [5, 5.41) is 8.36. The minimum atomic E-state index is -0.113. The average molecular weight is 182 g/mol. The molecule has 0 aliphatic carbocycles. The molecular weight excluding hydrogens is 168 g/mol. The van der Waals surface area contributed by atoms with Crippen molar-refractivity contribution >= 4 is 5.91 Å². The third-order valence-corrected chi connectivity index (χ3v) is 2.31. The zero-order chi connectivity index (χ0) is 9.68. The van der Waals surface area contributed by atoms with E-state index in [1.165, 1.54) is 0 Å². The third kappa shape index (κ3) is 2.71. The first-order valence-electron chi connectivity index (χ1n) is 4.46. The van der Waals surface area contributed by atoms with Crippen LogP contribution in [0.4, 0.5) is 0 Å². The van der Waals surface area contributed by atoms with Crippen LogP contribution in [-0.4, -0.2) is 37.1 Å². The van der Waals surface area contributed by atoms with Crippen LogP contribution in [0.15, 0.2) is 0 Å². The zero-order valence-electron chi connectivity index (χ0n) is 7.82. The second-order valence-corrected chi connectivity index (χ2v) is 3.21. The first kappa shape index (κ1) is 10.0. The Morgan fingerprint density at radius 3 is 3.08 bits per heavy atom. The van der Waals surface area contributed by atoms with Crippen LogP contribution < -0.4 is 0 Å². The second-order valence-electron chi connectivity index (χ2n) is 3.21. The molecule has 4 heteroatoms. The Kier molecular flexibility index (Phi) is 3.71. The predicted octanol–water partition coefficient (Wildman–Crippen LogP) is 0.537. The van der Waals surface area contributed by atoms with Gasteiger partial charge in [-0.25, -0.2) is 0 Å². The Hall–Kier alpha value is -1.08. The van der Waals surface area contributed by atoms with E-state index in [1.54, 1.807) is 11.9 Å². The zero-order valence-corrected chi connectivity index (χ0v) is 7.82. The molecule has 1 aliphatic heterocycles. The van der Waals surface area contributed by atoms with Gasteiger partial charge in [0.05, 0.1) is 18.7 Å². The monoisotopic (exact) mass is 182 g/mol. The Balaban J connectivity index is 2.41. The molecule has 1 heterocycles. The lowest BCUT2D eigenvalue weighted by Gasteiger charge is -2.30. The fourth-order valence-electron chi connectivity index (χ4n) is 1.43. The lowest BCUT2D eigenvalue weighted by atomic mass is 10.1. The summed E-state index contributed by atoms with van der Waals surface area (Å²) >= 11 is 0. The molecule has 0 spiro atoms. The SMILES string of the molecule is CN(C(=O)CC#N)C1CCCOC1. The quantitative estimate of drug-likeness (QED) is 0.626. The number of likely N-dealkylation sites (N-methyl/N-ethyl adjacent to an activating group) is 1. The van der Waals surface area contributed by atoms with Gasteiger partial charge in [0.25, 0.3) is 0 Å². The van der Waals surface area contributed by atoms with E-state index in [-0.39, 0.29) is 18.4 Å². The second kappa shape index (κ2) is 4.83. The number of hydrogen-bond acceptors (Lipinski definition) is 3. The number of carbonyl (C=O) groups excluding carboxylic acids is 1. The van der Waals surface area contributed by atoms with Crippen molar-refractivity contribution in [2.24, 2.45) is 0 Å². The van der Waals surface area contributed by atoms with Gasteiger partial charge in [-0.2, -0.15) is 5.26 Å². The molecule has 0 aromatic rings. The Labute approximate surface area is 78.1 Å². The minimum absolute atomic E-state index is 0.0347. The molecule has 13 heavy (non-hydrogen) atoms. The highest BCUT2D eigenvalue weighted by Gasteiger charge is 2.21. The summed E-state index contributed by atoms with van der Waals surface area (Å²) in [7, 11) is 1.74. The molecule has 0 saturated carbocycles. The van der Waals surface area contributed by atoms with Crippen molar-refractivity contribution in [3.63, 3.8) is 0 Å². The Morgan fingerprint density at radius 2 is 2.54 bits per heavy atom. The van der Waals surface area contributed by atoms with Crippen LogP contribution in [0.5, 0.6) is 0 Å². The van der Waals surface area contributed by atoms with Crippen LogP contribution in [0.3, 0.4) is 0 Å². The van der Waals surface area contributed by atoms with E-state index in [0.717, 1.165) is 19.4 Å². The standard InChI is InChI=1S/C9H14N2O2/c1-11(9(12)4-5-10)8-3-2-6-13-7-8/h8H,2-4,6-7H2,1H3. The van der Waals surface area contributed by atoms with Gasteiger partial charge in [-0.1, -0.05) is 0 Å². The molecule has 4 nitrogen and oxygen atoms in total. The molecule has 72 valence electrons. The molecule has 0 N–H and O–H groups in total. The predicted molar refractivity (Wildman–Crippen MR) is 46.8 cm³/mol. The maximum absolute atomic E-state index is 11.3. The summed E-state index contributed by atoms with van der Waals surface area (Å²) in [5.74, 6) is -0.113. The summed E-state index contributed by atoms with van der Waals surface area (Å²) in [6.07, 6.45) is 1.94. The van der Waals surface area contributed by atoms with Crippen LogP contribution in [0.2, 0.25) is 0 Å². The van der Waals surface area contributed by atoms with Crippen LogP contribution in [-0.2, 0) is 9.53 Å². The number of hydrogen-bond donors (Lipinski definition) is 0. The van der Waals surface area contributed by atoms with Crippen molar-refractivity contribution in [1.82, 2.24) is 4.90 Å². The van der Waals surface area contributed by atoms with E-state index in [4.69, 9.17) is 10.00 Å². The smallest absolute Gasteiger partial charge is 0.236 e. The van der Waals surface area contributed by atoms with E-state index in [2.05, 4.69) is 0 Å². The summed E-state index contributed by atoms with van der Waals surface area (Å²) < 4.78 is 5.25. The highest BCUT2D eigenvalue weighted by molar-refractivity contribution is 5.78. The van der Waals surface area contributed by atoms with E-state index >= 15 is 0 Å². The summed E-state index contributed by atoms with van der Waals surface area (Å²) in [6, 6.07) is 2.02. The molecule has 0 bridgehead atoms. The summed E-state index contributed by atoms with van der Waals surface area (Å²) in [4.78, 5) is 12.9. The fraction of sp³-hybridized carbons (Fsp3) is 0.778. The topological polar surface area (TPSA) is 53.3 Å². The lowest BCUT2D eigenvalue weighted by molar-refractivity contribution is -0.133. The van der Waals surface area contributed by atoms with Crippen molar-refractivity contribution in [1.29, 1.82) is 5.26 Å². The van der Waals surface area contributed by atoms with Gasteiger partial charge in [-0.3, -0.25) is 4.79 Å². The molecule has 1 saturated heterocycles. The maximum Gasteiger partial charge on any atom is 0.236 e. The molecular formula is C9H14N2O2.